The number of rotatable bonds is 8. The van der Waals surface area contributed by atoms with Gasteiger partial charge in [-0.15, -0.1) is 0 Å². The van der Waals surface area contributed by atoms with Crippen LogP contribution in [0.1, 0.15) is 35.2 Å². The number of carbonyl (C=O) groups is 1. The maximum atomic E-state index is 12.8. The normalized spacial score (nSPS) is 13.5. The molecule has 0 radical (unpaired) electrons. The fourth-order valence-electron chi connectivity index (χ4n) is 3.73. The van der Waals surface area contributed by atoms with Crippen molar-refractivity contribution in [1.29, 1.82) is 0 Å². The van der Waals surface area contributed by atoms with Crippen molar-refractivity contribution >= 4 is 23.3 Å². The highest BCUT2D eigenvalue weighted by Gasteiger charge is 2.16. The number of aromatic nitrogens is 4. The van der Waals surface area contributed by atoms with Crippen LogP contribution in [0.15, 0.2) is 52.4 Å². The first-order chi connectivity index (χ1) is 16.5. The second-order valence-corrected chi connectivity index (χ2v) is 8.26. The van der Waals surface area contributed by atoms with E-state index in [1.165, 1.54) is 12.7 Å². The van der Waals surface area contributed by atoms with Gasteiger partial charge < -0.3 is 19.9 Å². The number of amides is 1. The minimum Gasteiger partial charge on any atom is -0.476 e. The number of aromatic amines is 1. The maximum absolute atomic E-state index is 12.8. The lowest BCUT2D eigenvalue weighted by Crippen LogP contribution is -2.41. The number of nitrogens with zero attached hydrogens (tertiary/aromatic N) is 4. The van der Waals surface area contributed by atoms with E-state index in [2.05, 4.69) is 25.2 Å². The minimum absolute atomic E-state index is 0.0505. The van der Waals surface area contributed by atoms with Gasteiger partial charge in [-0.25, -0.2) is 14.8 Å². The summed E-state index contributed by atoms with van der Waals surface area (Å²) in [4.78, 5) is 50.6. The van der Waals surface area contributed by atoms with Crippen LogP contribution in [0, 0.1) is 0 Å². The first kappa shape index (κ1) is 23.5. The average molecular weight is 485 g/mol. The van der Waals surface area contributed by atoms with Gasteiger partial charge in [-0.1, -0.05) is 29.8 Å². The summed E-state index contributed by atoms with van der Waals surface area (Å²) in [5.74, 6) is 0.617. The quantitative estimate of drug-likeness (QED) is 0.467. The van der Waals surface area contributed by atoms with Gasteiger partial charge in [-0.2, -0.15) is 0 Å². The van der Waals surface area contributed by atoms with Gasteiger partial charge in [0, 0.05) is 30.4 Å². The zero-order chi connectivity index (χ0) is 23.9. The van der Waals surface area contributed by atoms with Gasteiger partial charge in [0.2, 0.25) is 5.88 Å². The minimum atomic E-state index is -0.705. The second-order valence-electron chi connectivity index (χ2n) is 7.86. The fraction of sp³-hybridized carbons (Fsp3) is 0.348. The molecular formula is C23H25ClN6O4. The molecule has 1 amide bonds. The van der Waals surface area contributed by atoms with E-state index in [4.69, 9.17) is 16.3 Å². The number of hydrogen-bond donors (Lipinski definition) is 2. The first-order valence-electron chi connectivity index (χ1n) is 11.1. The van der Waals surface area contributed by atoms with E-state index in [9.17, 15) is 14.4 Å². The van der Waals surface area contributed by atoms with Gasteiger partial charge >= 0.3 is 5.69 Å². The largest absolute Gasteiger partial charge is 0.476 e. The monoisotopic (exact) mass is 484 g/mol. The molecule has 1 aliphatic heterocycles. The van der Waals surface area contributed by atoms with Gasteiger partial charge in [0.25, 0.3) is 11.5 Å². The molecule has 1 aliphatic rings. The Morgan fingerprint density at radius 1 is 1.15 bits per heavy atom. The Balaban J connectivity index is 1.35. The molecule has 34 heavy (non-hydrogen) atoms. The summed E-state index contributed by atoms with van der Waals surface area (Å²) in [6.07, 6.45) is 6.07. The molecule has 0 bridgehead atoms. The molecule has 3 aromatic rings. The molecule has 0 aliphatic carbocycles. The number of anilines is 1. The highest BCUT2D eigenvalue weighted by atomic mass is 35.5. The third kappa shape index (κ3) is 5.63. The standard InChI is InChI=1S/C23H25ClN6O4/c24-18-7-3-2-6-16(18)14-30-22(32)17(13-26-23(30)33)21(31)25-8-11-34-20-12-19(27-15-28-20)29-9-4-1-5-10-29/h2-3,6-7,12-13,15H,1,4-5,8-11,14H2,(H,25,31)(H,26,33). The topological polar surface area (TPSA) is 122 Å². The van der Waals surface area contributed by atoms with Crippen molar-refractivity contribution in [1.82, 2.24) is 24.8 Å². The Morgan fingerprint density at radius 2 is 1.94 bits per heavy atom. The zero-order valence-corrected chi connectivity index (χ0v) is 19.3. The van der Waals surface area contributed by atoms with Crippen molar-refractivity contribution in [3.05, 3.63) is 79.8 Å². The first-order valence-corrected chi connectivity index (χ1v) is 11.4. The van der Waals surface area contributed by atoms with Crippen molar-refractivity contribution < 1.29 is 9.53 Å². The van der Waals surface area contributed by atoms with E-state index < -0.39 is 17.2 Å². The molecular weight excluding hydrogens is 460 g/mol. The number of halogens is 1. The number of carbonyl (C=O) groups excluding carboxylic acids is 1. The summed E-state index contributed by atoms with van der Waals surface area (Å²) >= 11 is 6.14. The predicted molar refractivity (Wildman–Crippen MR) is 128 cm³/mol. The lowest BCUT2D eigenvalue weighted by molar-refractivity contribution is 0.0944. The van der Waals surface area contributed by atoms with Crippen molar-refractivity contribution in [2.75, 3.05) is 31.1 Å². The molecule has 10 nitrogen and oxygen atoms in total. The number of nitrogens with one attached hydrogen (secondary N) is 2. The van der Waals surface area contributed by atoms with Crippen LogP contribution in [-0.2, 0) is 6.54 Å². The van der Waals surface area contributed by atoms with E-state index in [0.717, 1.165) is 42.5 Å². The molecule has 0 unspecified atom stereocenters. The van der Waals surface area contributed by atoms with Crippen molar-refractivity contribution in [2.45, 2.75) is 25.8 Å². The Kier molecular flexibility index (Phi) is 7.58. The lowest BCUT2D eigenvalue weighted by atomic mass is 10.1. The van der Waals surface area contributed by atoms with Gasteiger partial charge in [0.05, 0.1) is 13.1 Å². The Hall–Kier alpha value is -3.66. The van der Waals surface area contributed by atoms with Gasteiger partial charge in [-0.3, -0.25) is 14.2 Å². The fourth-order valence-corrected chi connectivity index (χ4v) is 3.93. The van der Waals surface area contributed by atoms with E-state index >= 15 is 0 Å². The van der Waals surface area contributed by atoms with Gasteiger partial charge in [-0.05, 0) is 30.9 Å². The second kappa shape index (κ2) is 11.0. The number of H-pyrrole nitrogens is 1. The average Bonchev–Trinajstić information content (AvgIpc) is 2.86. The third-order valence-corrected chi connectivity index (χ3v) is 5.91. The third-order valence-electron chi connectivity index (χ3n) is 5.54. The van der Waals surface area contributed by atoms with E-state index in [-0.39, 0.29) is 25.3 Å². The van der Waals surface area contributed by atoms with Crippen LogP contribution in [0.2, 0.25) is 5.02 Å². The van der Waals surface area contributed by atoms with Crippen LogP contribution < -0.4 is 26.2 Å². The molecule has 11 heteroatoms. The number of hydrogen-bond acceptors (Lipinski definition) is 7. The molecule has 3 heterocycles. The molecule has 0 spiro atoms. The molecule has 2 aromatic heterocycles. The smallest absolute Gasteiger partial charge is 0.328 e. The van der Waals surface area contributed by atoms with Crippen LogP contribution in [0.4, 0.5) is 5.82 Å². The van der Waals surface area contributed by atoms with Crippen LogP contribution >= 0.6 is 11.6 Å². The van der Waals surface area contributed by atoms with Gasteiger partial charge in [0.1, 0.15) is 24.3 Å². The van der Waals surface area contributed by atoms with Crippen molar-refractivity contribution in [2.24, 2.45) is 0 Å². The zero-order valence-electron chi connectivity index (χ0n) is 18.5. The molecule has 1 fully saturated rings. The summed E-state index contributed by atoms with van der Waals surface area (Å²) in [6, 6.07) is 8.66. The highest BCUT2D eigenvalue weighted by molar-refractivity contribution is 6.31. The predicted octanol–water partition coefficient (Wildman–Crippen LogP) is 1.83. The Labute approximate surface area is 200 Å². The van der Waals surface area contributed by atoms with E-state index in [0.29, 0.717) is 16.5 Å². The van der Waals surface area contributed by atoms with Crippen molar-refractivity contribution in [3.8, 4) is 5.88 Å². The van der Waals surface area contributed by atoms with E-state index in [1.54, 1.807) is 30.3 Å². The number of ether oxygens (including phenoxy) is 1. The van der Waals surface area contributed by atoms with Gasteiger partial charge in [0.15, 0.2) is 0 Å². The molecule has 0 atom stereocenters. The maximum Gasteiger partial charge on any atom is 0.328 e. The summed E-state index contributed by atoms with van der Waals surface area (Å²) in [5, 5.41) is 3.06. The summed E-state index contributed by atoms with van der Waals surface area (Å²) in [7, 11) is 0. The molecule has 2 N–H and O–H groups in total. The van der Waals surface area contributed by atoms with Crippen molar-refractivity contribution in [3.63, 3.8) is 0 Å². The van der Waals surface area contributed by atoms with Crippen LogP contribution in [-0.4, -0.2) is 51.7 Å². The lowest BCUT2D eigenvalue weighted by Gasteiger charge is -2.27. The number of benzene rings is 1. The highest BCUT2D eigenvalue weighted by Crippen LogP contribution is 2.20. The molecule has 1 aromatic carbocycles. The van der Waals surface area contributed by atoms with Crippen LogP contribution in [0.3, 0.4) is 0 Å². The Morgan fingerprint density at radius 3 is 2.74 bits per heavy atom. The molecule has 0 saturated carbocycles. The molecule has 178 valence electrons. The SMILES string of the molecule is O=C(NCCOc1cc(N2CCCCC2)ncn1)c1c[nH]c(=O)n(Cc2ccccc2Cl)c1=O. The molecule has 4 rings (SSSR count). The summed E-state index contributed by atoms with van der Waals surface area (Å²) in [5.41, 5.74) is -0.917. The summed E-state index contributed by atoms with van der Waals surface area (Å²) in [6.45, 7) is 2.16. The Bertz CT molecular complexity index is 1270. The summed E-state index contributed by atoms with van der Waals surface area (Å²) < 4.78 is 6.58. The number of piperidine rings is 1. The van der Waals surface area contributed by atoms with E-state index in [1.807, 2.05) is 0 Å². The van der Waals surface area contributed by atoms with Crippen LogP contribution in [0.5, 0.6) is 5.88 Å². The molecule has 1 saturated heterocycles. The van der Waals surface area contributed by atoms with Crippen LogP contribution in [0.25, 0.3) is 0 Å².